The molecule has 1 fully saturated rings. The van der Waals surface area contributed by atoms with E-state index in [-0.39, 0.29) is 19.0 Å². The summed E-state index contributed by atoms with van der Waals surface area (Å²) in [6.45, 7) is 8.58. The molecule has 6 rings (SSSR count). The molecule has 0 amide bonds. The maximum Gasteiger partial charge on any atom is 0.270 e. The third-order valence-electron chi connectivity index (χ3n) is 8.00. The Hall–Kier alpha value is -3.83. The van der Waals surface area contributed by atoms with Crippen LogP contribution in [0.5, 0.6) is 40.2 Å². The highest BCUT2D eigenvalue weighted by molar-refractivity contribution is 5.92. The lowest BCUT2D eigenvalue weighted by Crippen LogP contribution is -2.47. The second kappa shape index (κ2) is 17.4. The fraction of sp³-hybridized carbons (Fsp3) is 0.444. The first-order chi connectivity index (χ1) is 22.5. The molecule has 3 aliphatic rings. The standard InChI is InChI=1S/C19H18O6.C17H27NO3.ClH/c1-21-12-5-4-11-6-14-13-8-17(22-2)18(23-3)9-16(13)24-10-19(14,20)25-15(11)7-12;1-2-3-12-20-16-5-7-17(8-6-16)21-13-4-9-18-10-14-19-15-11-18;/h4-9,20H,10H2,1-3H3;5-8H,2-4,9-15H2,1H3;1H. The van der Waals surface area contributed by atoms with Crippen LogP contribution in [0.25, 0.3) is 11.6 Å². The van der Waals surface area contributed by atoms with E-state index in [9.17, 15) is 5.11 Å². The molecular formula is C36H46ClNO9. The summed E-state index contributed by atoms with van der Waals surface area (Å²) in [6, 6.07) is 16.9. The van der Waals surface area contributed by atoms with Gasteiger partial charge in [0.25, 0.3) is 5.79 Å². The van der Waals surface area contributed by atoms with E-state index in [0.717, 1.165) is 82.4 Å². The summed E-state index contributed by atoms with van der Waals surface area (Å²) in [5.41, 5.74) is 2.17. The minimum atomic E-state index is -1.58. The van der Waals surface area contributed by atoms with Gasteiger partial charge in [-0.05, 0) is 61.4 Å². The van der Waals surface area contributed by atoms with Crippen molar-refractivity contribution in [1.29, 1.82) is 0 Å². The normalized spacial score (nSPS) is 17.8. The van der Waals surface area contributed by atoms with E-state index in [1.807, 2.05) is 42.5 Å². The molecule has 1 unspecified atom stereocenters. The predicted molar refractivity (Wildman–Crippen MR) is 183 cm³/mol. The van der Waals surface area contributed by atoms with Crippen LogP contribution in [-0.4, -0.2) is 89.8 Å². The molecule has 3 aliphatic heterocycles. The lowest BCUT2D eigenvalue weighted by molar-refractivity contribution is -0.116. The number of hydrogen-bond donors (Lipinski definition) is 1. The molecule has 0 radical (unpaired) electrons. The summed E-state index contributed by atoms with van der Waals surface area (Å²) >= 11 is 0. The number of hydrogen-bond acceptors (Lipinski definition) is 10. The highest BCUT2D eigenvalue weighted by Gasteiger charge is 2.44. The van der Waals surface area contributed by atoms with E-state index in [1.54, 1.807) is 39.5 Å². The zero-order chi connectivity index (χ0) is 32.4. The number of unbranched alkanes of at least 4 members (excludes halogenated alkanes) is 1. The Morgan fingerprint density at radius 2 is 1.43 bits per heavy atom. The number of rotatable bonds is 12. The monoisotopic (exact) mass is 671 g/mol. The van der Waals surface area contributed by atoms with Gasteiger partial charge in [0, 0.05) is 48.5 Å². The Labute approximate surface area is 283 Å². The molecule has 0 spiro atoms. The third kappa shape index (κ3) is 9.16. The first-order valence-corrected chi connectivity index (χ1v) is 15.8. The van der Waals surface area contributed by atoms with Crippen molar-refractivity contribution in [2.45, 2.75) is 32.0 Å². The number of morpholine rings is 1. The van der Waals surface area contributed by atoms with Gasteiger partial charge in [-0.15, -0.1) is 12.4 Å². The van der Waals surface area contributed by atoms with Crippen molar-refractivity contribution in [1.82, 2.24) is 4.90 Å². The minimum absolute atomic E-state index is 0. The summed E-state index contributed by atoms with van der Waals surface area (Å²) in [7, 11) is 4.71. The van der Waals surface area contributed by atoms with Crippen LogP contribution in [0.15, 0.2) is 54.6 Å². The van der Waals surface area contributed by atoms with Crippen LogP contribution in [-0.2, 0) is 4.74 Å². The second-order valence-electron chi connectivity index (χ2n) is 11.2. The number of halogens is 1. The number of fused-ring (bicyclic) bond motifs is 4. The van der Waals surface area contributed by atoms with Gasteiger partial charge >= 0.3 is 0 Å². The van der Waals surface area contributed by atoms with Crippen LogP contribution >= 0.6 is 12.4 Å². The number of ether oxygens (including phenoxy) is 8. The van der Waals surface area contributed by atoms with E-state index in [0.29, 0.717) is 39.9 Å². The number of benzene rings is 3. The zero-order valence-electron chi connectivity index (χ0n) is 27.6. The lowest BCUT2D eigenvalue weighted by Gasteiger charge is -2.39. The van der Waals surface area contributed by atoms with E-state index in [1.165, 1.54) is 0 Å². The molecule has 3 aromatic carbocycles. The third-order valence-corrected chi connectivity index (χ3v) is 8.00. The summed E-state index contributed by atoms with van der Waals surface area (Å²) < 4.78 is 44.2. The molecular weight excluding hydrogens is 626 g/mol. The first-order valence-electron chi connectivity index (χ1n) is 15.8. The van der Waals surface area contributed by atoms with Gasteiger partial charge in [-0.1, -0.05) is 13.3 Å². The van der Waals surface area contributed by atoms with Gasteiger partial charge in [-0.2, -0.15) is 0 Å². The highest BCUT2D eigenvalue weighted by atomic mass is 35.5. The SMILES string of the molecule is CCCCOc1ccc(OCCCN2CCOCC2)cc1.COc1ccc2c(c1)OC1(O)COc3cc(OC)c(OC)cc3C1=C2.Cl. The van der Waals surface area contributed by atoms with Crippen LogP contribution < -0.4 is 33.2 Å². The lowest BCUT2D eigenvalue weighted by atomic mass is 9.90. The Kier molecular flexibility index (Phi) is 13.3. The average Bonchev–Trinajstić information content (AvgIpc) is 3.09. The van der Waals surface area contributed by atoms with Crippen LogP contribution in [0.3, 0.4) is 0 Å². The molecule has 1 N–H and O–H groups in total. The first kappa shape index (κ1) is 36.0. The Morgan fingerprint density at radius 3 is 2.06 bits per heavy atom. The molecule has 3 aromatic rings. The summed E-state index contributed by atoms with van der Waals surface area (Å²) in [5.74, 6) is 3.18. The van der Waals surface area contributed by atoms with E-state index in [2.05, 4.69) is 11.8 Å². The number of methoxy groups -OCH3 is 3. The highest BCUT2D eigenvalue weighted by Crippen LogP contribution is 2.49. The van der Waals surface area contributed by atoms with Crippen LogP contribution in [0, 0.1) is 0 Å². The van der Waals surface area contributed by atoms with Crippen molar-refractivity contribution >= 4 is 24.1 Å². The van der Waals surface area contributed by atoms with Crippen LogP contribution in [0.4, 0.5) is 0 Å². The van der Waals surface area contributed by atoms with Gasteiger partial charge in [0.05, 0.1) is 47.8 Å². The molecule has 1 atom stereocenters. The van der Waals surface area contributed by atoms with Crippen molar-refractivity contribution in [3.8, 4) is 40.2 Å². The smallest absolute Gasteiger partial charge is 0.270 e. The van der Waals surface area contributed by atoms with E-state index < -0.39 is 5.79 Å². The molecule has 256 valence electrons. The Morgan fingerprint density at radius 1 is 0.787 bits per heavy atom. The van der Waals surface area contributed by atoms with Crippen molar-refractivity contribution in [3.05, 3.63) is 65.7 Å². The maximum atomic E-state index is 11.0. The molecule has 0 aliphatic carbocycles. The van der Waals surface area contributed by atoms with Crippen molar-refractivity contribution < 1.29 is 43.0 Å². The summed E-state index contributed by atoms with van der Waals surface area (Å²) in [4.78, 5) is 2.43. The quantitative estimate of drug-likeness (QED) is 0.227. The van der Waals surface area contributed by atoms with Crippen molar-refractivity contribution in [2.75, 3.05) is 74.0 Å². The van der Waals surface area contributed by atoms with Crippen molar-refractivity contribution in [3.63, 3.8) is 0 Å². The second-order valence-corrected chi connectivity index (χ2v) is 11.2. The average molecular weight is 672 g/mol. The Balaban J connectivity index is 0.000000212. The van der Waals surface area contributed by atoms with Gasteiger partial charge in [-0.3, -0.25) is 4.90 Å². The van der Waals surface area contributed by atoms with Gasteiger partial charge in [0.1, 0.15) is 28.7 Å². The van der Waals surface area contributed by atoms with Crippen LogP contribution in [0.1, 0.15) is 37.3 Å². The van der Waals surface area contributed by atoms with E-state index in [4.69, 9.17) is 37.9 Å². The van der Waals surface area contributed by atoms with Gasteiger partial charge < -0.3 is 43.0 Å². The topological polar surface area (TPSA) is 97.3 Å². The largest absolute Gasteiger partial charge is 0.497 e. The van der Waals surface area contributed by atoms with Gasteiger partial charge in [0.15, 0.2) is 18.1 Å². The number of aliphatic hydroxyl groups is 1. The molecule has 0 bridgehead atoms. The maximum absolute atomic E-state index is 11.0. The molecule has 11 heteroatoms. The van der Waals surface area contributed by atoms with Gasteiger partial charge in [-0.25, -0.2) is 0 Å². The molecule has 10 nitrogen and oxygen atoms in total. The molecule has 0 saturated carbocycles. The predicted octanol–water partition coefficient (Wildman–Crippen LogP) is 6.11. The zero-order valence-corrected chi connectivity index (χ0v) is 28.4. The Bertz CT molecular complexity index is 1460. The molecule has 1 saturated heterocycles. The summed E-state index contributed by atoms with van der Waals surface area (Å²) in [6.07, 6.45) is 5.20. The number of nitrogens with zero attached hydrogens (tertiary/aromatic N) is 1. The molecule has 3 heterocycles. The van der Waals surface area contributed by atoms with Crippen LogP contribution in [0.2, 0.25) is 0 Å². The fourth-order valence-corrected chi connectivity index (χ4v) is 5.39. The fourth-order valence-electron chi connectivity index (χ4n) is 5.39. The van der Waals surface area contributed by atoms with E-state index >= 15 is 0 Å². The minimum Gasteiger partial charge on any atom is -0.497 e. The molecule has 0 aromatic heterocycles. The van der Waals surface area contributed by atoms with Crippen molar-refractivity contribution in [2.24, 2.45) is 0 Å². The molecule has 47 heavy (non-hydrogen) atoms. The summed E-state index contributed by atoms with van der Waals surface area (Å²) in [5, 5.41) is 11.0. The van der Waals surface area contributed by atoms with Gasteiger partial charge in [0.2, 0.25) is 0 Å².